The van der Waals surface area contributed by atoms with E-state index in [9.17, 15) is 4.79 Å². The van der Waals surface area contributed by atoms with Crippen LogP contribution >= 0.6 is 0 Å². The Hall–Kier alpha value is -1.83. The molecular formula is C13H15NO. The van der Waals surface area contributed by atoms with Crippen LogP contribution in [0.4, 0.5) is 0 Å². The molecule has 0 fully saturated rings. The molecule has 0 spiro atoms. The first kappa shape index (κ1) is 11.2. The van der Waals surface area contributed by atoms with Crippen molar-refractivity contribution in [3.05, 3.63) is 59.3 Å². The number of carbonyl (C=O) groups is 1. The topological polar surface area (TPSA) is 43.1 Å². The zero-order valence-corrected chi connectivity index (χ0v) is 9.03. The van der Waals surface area contributed by atoms with Crippen molar-refractivity contribution in [2.24, 2.45) is 5.73 Å². The first-order chi connectivity index (χ1) is 7.15. The Bertz CT molecular complexity index is 402. The molecule has 2 heteroatoms. The lowest BCUT2D eigenvalue weighted by Crippen LogP contribution is -2.02. The number of benzene rings is 1. The molecule has 1 rings (SSSR count). The molecule has 0 unspecified atom stereocenters. The molecule has 0 heterocycles. The van der Waals surface area contributed by atoms with Crippen molar-refractivity contribution in [2.75, 3.05) is 0 Å². The summed E-state index contributed by atoms with van der Waals surface area (Å²) in [6, 6.07) is 9.17. The van der Waals surface area contributed by atoms with Crippen LogP contribution in [-0.2, 0) is 0 Å². The van der Waals surface area contributed by atoms with E-state index in [1.807, 2.05) is 25.1 Å². The van der Waals surface area contributed by atoms with E-state index in [0.717, 1.165) is 0 Å². The van der Waals surface area contributed by atoms with Crippen LogP contribution in [0.5, 0.6) is 0 Å². The monoisotopic (exact) mass is 201 g/mol. The molecule has 0 radical (unpaired) electrons. The van der Waals surface area contributed by atoms with Gasteiger partial charge in [0, 0.05) is 11.3 Å². The SMILES string of the molecule is C/C=C(N)\C=C(/C)C(=O)c1ccccc1. The highest BCUT2D eigenvalue weighted by Gasteiger charge is 2.06. The highest BCUT2D eigenvalue weighted by molar-refractivity contribution is 6.08. The van der Waals surface area contributed by atoms with Gasteiger partial charge in [-0.15, -0.1) is 0 Å². The van der Waals surface area contributed by atoms with Gasteiger partial charge in [-0.25, -0.2) is 0 Å². The lowest BCUT2D eigenvalue weighted by atomic mass is 10.0. The van der Waals surface area contributed by atoms with Crippen LogP contribution in [-0.4, -0.2) is 5.78 Å². The van der Waals surface area contributed by atoms with Gasteiger partial charge in [-0.3, -0.25) is 4.79 Å². The summed E-state index contributed by atoms with van der Waals surface area (Å²) in [6.45, 7) is 3.61. The van der Waals surface area contributed by atoms with E-state index in [1.54, 1.807) is 31.2 Å². The van der Waals surface area contributed by atoms with Crippen molar-refractivity contribution in [1.29, 1.82) is 0 Å². The van der Waals surface area contributed by atoms with E-state index in [-0.39, 0.29) is 5.78 Å². The fourth-order valence-electron chi connectivity index (χ4n) is 1.22. The van der Waals surface area contributed by atoms with Gasteiger partial charge in [0.2, 0.25) is 0 Å². The number of allylic oxidation sites excluding steroid dienone is 3. The summed E-state index contributed by atoms with van der Waals surface area (Å²) in [5.41, 5.74) is 7.57. The first-order valence-electron chi connectivity index (χ1n) is 4.85. The molecule has 2 N–H and O–H groups in total. The maximum atomic E-state index is 11.8. The highest BCUT2D eigenvalue weighted by Crippen LogP contribution is 2.08. The van der Waals surface area contributed by atoms with Crippen LogP contribution in [0.15, 0.2) is 53.8 Å². The molecule has 1 aromatic carbocycles. The average molecular weight is 201 g/mol. The Balaban J connectivity index is 2.92. The van der Waals surface area contributed by atoms with Gasteiger partial charge in [-0.1, -0.05) is 36.4 Å². The molecule has 2 nitrogen and oxygen atoms in total. The van der Waals surface area contributed by atoms with Crippen molar-refractivity contribution in [2.45, 2.75) is 13.8 Å². The second-order valence-electron chi connectivity index (χ2n) is 3.31. The molecule has 0 amide bonds. The summed E-state index contributed by atoms with van der Waals surface area (Å²) in [6.07, 6.45) is 3.46. The van der Waals surface area contributed by atoms with Crippen molar-refractivity contribution in [1.82, 2.24) is 0 Å². The number of ketones is 1. The molecule has 78 valence electrons. The minimum absolute atomic E-state index is 0.0143. The van der Waals surface area contributed by atoms with E-state index in [0.29, 0.717) is 16.8 Å². The maximum Gasteiger partial charge on any atom is 0.188 e. The molecule has 0 aliphatic heterocycles. The molecule has 0 saturated heterocycles. The van der Waals surface area contributed by atoms with Gasteiger partial charge in [0.15, 0.2) is 5.78 Å². The van der Waals surface area contributed by atoms with Crippen molar-refractivity contribution >= 4 is 5.78 Å². The Morgan fingerprint density at radius 2 is 1.87 bits per heavy atom. The normalized spacial score (nSPS) is 12.7. The van der Waals surface area contributed by atoms with Crippen LogP contribution in [0.3, 0.4) is 0 Å². The van der Waals surface area contributed by atoms with Crippen molar-refractivity contribution in [3.8, 4) is 0 Å². The van der Waals surface area contributed by atoms with Gasteiger partial charge in [0.25, 0.3) is 0 Å². The molecule has 0 aromatic heterocycles. The summed E-state index contributed by atoms with van der Waals surface area (Å²) < 4.78 is 0. The molecule has 0 aliphatic rings. The standard InChI is InChI=1S/C13H15NO/c1-3-12(14)9-10(2)13(15)11-7-5-4-6-8-11/h3-9H,14H2,1-2H3/b10-9+,12-3+. The number of rotatable bonds is 3. The van der Waals surface area contributed by atoms with Gasteiger partial charge >= 0.3 is 0 Å². The Labute approximate surface area is 90.1 Å². The summed E-state index contributed by atoms with van der Waals surface area (Å²) in [5, 5.41) is 0. The molecule has 1 aromatic rings. The van der Waals surface area contributed by atoms with Gasteiger partial charge in [0.1, 0.15) is 0 Å². The van der Waals surface area contributed by atoms with Crippen LogP contribution in [0.1, 0.15) is 24.2 Å². The van der Waals surface area contributed by atoms with Crippen molar-refractivity contribution in [3.63, 3.8) is 0 Å². The minimum Gasteiger partial charge on any atom is -0.399 e. The molecule has 0 bridgehead atoms. The summed E-state index contributed by atoms with van der Waals surface area (Å²) in [4.78, 5) is 11.8. The second kappa shape index (κ2) is 5.15. The Kier molecular flexibility index (Phi) is 3.86. The van der Waals surface area contributed by atoms with Crippen molar-refractivity contribution < 1.29 is 4.79 Å². The number of hydrogen-bond acceptors (Lipinski definition) is 2. The predicted molar refractivity (Wildman–Crippen MR) is 62.5 cm³/mol. The number of carbonyl (C=O) groups excluding carboxylic acids is 1. The third-order valence-electron chi connectivity index (χ3n) is 2.11. The van der Waals surface area contributed by atoms with Gasteiger partial charge < -0.3 is 5.73 Å². The predicted octanol–water partition coefficient (Wildman–Crippen LogP) is 2.68. The molecular weight excluding hydrogens is 186 g/mol. The van der Waals surface area contributed by atoms with Crippen LogP contribution in [0.25, 0.3) is 0 Å². The molecule has 0 saturated carbocycles. The van der Waals surface area contributed by atoms with Gasteiger partial charge in [-0.05, 0) is 25.5 Å². The second-order valence-corrected chi connectivity index (χ2v) is 3.31. The minimum atomic E-state index is 0.0143. The number of nitrogens with two attached hydrogens (primary N) is 1. The summed E-state index contributed by atoms with van der Waals surface area (Å²) in [5.74, 6) is 0.0143. The van der Waals surface area contributed by atoms with E-state index in [2.05, 4.69) is 0 Å². The van der Waals surface area contributed by atoms with E-state index in [4.69, 9.17) is 5.73 Å². The largest absolute Gasteiger partial charge is 0.399 e. The third kappa shape index (κ3) is 3.09. The van der Waals surface area contributed by atoms with Crippen LogP contribution < -0.4 is 5.73 Å². The zero-order valence-electron chi connectivity index (χ0n) is 9.03. The zero-order chi connectivity index (χ0) is 11.3. The maximum absolute atomic E-state index is 11.8. The number of hydrogen-bond donors (Lipinski definition) is 1. The van der Waals surface area contributed by atoms with Gasteiger partial charge in [0.05, 0.1) is 0 Å². The lowest BCUT2D eigenvalue weighted by molar-refractivity contribution is 0.103. The first-order valence-corrected chi connectivity index (χ1v) is 4.85. The summed E-state index contributed by atoms with van der Waals surface area (Å²) in [7, 11) is 0. The fourth-order valence-corrected chi connectivity index (χ4v) is 1.22. The number of Topliss-reactive ketones (excluding diaryl/α,β-unsaturated/α-hetero) is 1. The van der Waals surface area contributed by atoms with E-state index >= 15 is 0 Å². The van der Waals surface area contributed by atoms with Crippen LogP contribution in [0.2, 0.25) is 0 Å². The highest BCUT2D eigenvalue weighted by atomic mass is 16.1. The Morgan fingerprint density at radius 3 is 2.40 bits per heavy atom. The average Bonchev–Trinajstić information content (AvgIpc) is 2.29. The summed E-state index contributed by atoms with van der Waals surface area (Å²) >= 11 is 0. The molecule has 15 heavy (non-hydrogen) atoms. The molecule has 0 aliphatic carbocycles. The fraction of sp³-hybridized carbons (Fsp3) is 0.154. The van der Waals surface area contributed by atoms with E-state index < -0.39 is 0 Å². The van der Waals surface area contributed by atoms with Gasteiger partial charge in [-0.2, -0.15) is 0 Å². The van der Waals surface area contributed by atoms with Crippen LogP contribution in [0, 0.1) is 0 Å². The Morgan fingerprint density at radius 1 is 1.27 bits per heavy atom. The molecule has 0 atom stereocenters. The quantitative estimate of drug-likeness (QED) is 0.464. The lowest BCUT2D eigenvalue weighted by Gasteiger charge is -2.00. The smallest absolute Gasteiger partial charge is 0.188 e. The van der Waals surface area contributed by atoms with E-state index in [1.165, 1.54) is 0 Å². The third-order valence-corrected chi connectivity index (χ3v) is 2.11.